The standard InChI is InChI=1S/C11H13ClN2O4/c1-6-2-3-8(7(12)4-6)13-11(18)14-9(5-15)10(16)17/h2-4,9,15H,5H2,1H3,(H,16,17)(H2,13,14,18). The molecule has 0 heterocycles. The number of amides is 2. The maximum Gasteiger partial charge on any atom is 0.328 e. The lowest BCUT2D eigenvalue weighted by atomic mass is 10.2. The maximum atomic E-state index is 11.5. The summed E-state index contributed by atoms with van der Waals surface area (Å²) >= 11 is 5.90. The average Bonchev–Trinajstić information content (AvgIpc) is 2.29. The van der Waals surface area contributed by atoms with Gasteiger partial charge in [-0.05, 0) is 24.6 Å². The Kier molecular flexibility index (Phi) is 4.94. The summed E-state index contributed by atoms with van der Waals surface area (Å²) < 4.78 is 0. The molecule has 1 aromatic rings. The molecule has 7 heteroatoms. The van der Waals surface area contributed by atoms with Crippen LogP contribution in [0.15, 0.2) is 18.2 Å². The molecule has 0 spiro atoms. The third kappa shape index (κ3) is 3.90. The molecule has 0 radical (unpaired) electrons. The van der Waals surface area contributed by atoms with Crippen LogP contribution < -0.4 is 10.6 Å². The SMILES string of the molecule is Cc1ccc(NC(=O)NC(CO)C(=O)O)c(Cl)c1. The summed E-state index contributed by atoms with van der Waals surface area (Å²) in [6.45, 7) is 1.16. The molecule has 0 aliphatic heterocycles. The van der Waals surface area contributed by atoms with Crippen molar-refractivity contribution in [3.63, 3.8) is 0 Å². The summed E-state index contributed by atoms with van der Waals surface area (Å²) in [5.41, 5.74) is 1.30. The minimum absolute atomic E-state index is 0.348. The zero-order chi connectivity index (χ0) is 13.7. The summed E-state index contributed by atoms with van der Waals surface area (Å²) in [5.74, 6) is -1.32. The van der Waals surface area contributed by atoms with Crippen LogP contribution in [-0.2, 0) is 4.79 Å². The van der Waals surface area contributed by atoms with E-state index in [2.05, 4.69) is 10.6 Å². The molecule has 1 rings (SSSR count). The first-order chi connectivity index (χ1) is 8.43. The Morgan fingerprint density at radius 3 is 2.61 bits per heavy atom. The quantitative estimate of drug-likeness (QED) is 0.662. The van der Waals surface area contributed by atoms with Gasteiger partial charge in [0.2, 0.25) is 0 Å². The minimum Gasteiger partial charge on any atom is -0.480 e. The number of aliphatic hydroxyl groups excluding tert-OH is 1. The summed E-state index contributed by atoms with van der Waals surface area (Å²) in [5, 5.41) is 22.3. The van der Waals surface area contributed by atoms with E-state index in [9.17, 15) is 9.59 Å². The molecule has 4 N–H and O–H groups in total. The Hall–Kier alpha value is -1.79. The first-order valence-electron chi connectivity index (χ1n) is 5.11. The predicted octanol–water partition coefficient (Wildman–Crippen LogP) is 1.22. The lowest BCUT2D eigenvalue weighted by Gasteiger charge is -2.13. The Labute approximate surface area is 109 Å². The molecule has 98 valence electrons. The van der Waals surface area contributed by atoms with Crippen LogP contribution in [-0.4, -0.2) is 34.9 Å². The predicted molar refractivity (Wildman–Crippen MR) is 66.9 cm³/mol. The highest BCUT2D eigenvalue weighted by Gasteiger charge is 2.18. The first-order valence-corrected chi connectivity index (χ1v) is 5.49. The molecular weight excluding hydrogens is 260 g/mol. The van der Waals surface area contributed by atoms with Gasteiger partial charge < -0.3 is 20.8 Å². The van der Waals surface area contributed by atoms with Crippen molar-refractivity contribution in [1.29, 1.82) is 0 Å². The van der Waals surface area contributed by atoms with Crippen molar-refractivity contribution in [3.05, 3.63) is 28.8 Å². The molecular formula is C11H13ClN2O4. The maximum absolute atomic E-state index is 11.5. The van der Waals surface area contributed by atoms with Crippen LogP contribution in [0.3, 0.4) is 0 Å². The molecule has 1 unspecified atom stereocenters. The number of aryl methyl sites for hydroxylation is 1. The van der Waals surface area contributed by atoms with Crippen molar-refractivity contribution in [2.75, 3.05) is 11.9 Å². The number of rotatable bonds is 4. The van der Waals surface area contributed by atoms with Gasteiger partial charge in [0.1, 0.15) is 0 Å². The van der Waals surface area contributed by atoms with Gasteiger partial charge in [-0.1, -0.05) is 17.7 Å². The molecule has 6 nitrogen and oxygen atoms in total. The van der Waals surface area contributed by atoms with Crippen molar-refractivity contribution in [2.45, 2.75) is 13.0 Å². The van der Waals surface area contributed by atoms with Crippen LogP contribution in [0.1, 0.15) is 5.56 Å². The van der Waals surface area contributed by atoms with E-state index in [1.165, 1.54) is 0 Å². The van der Waals surface area contributed by atoms with Gasteiger partial charge in [0.25, 0.3) is 0 Å². The molecule has 1 aromatic carbocycles. The van der Waals surface area contributed by atoms with Gasteiger partial charge in [0.15, 0.2) is 6.04 Å². The fourth-order valence-electron chi connectivity index (χ4n) is 1.22. The largest absolute Gasteiger partial charge is 0.480 e. The van der Waals surface area contributed by atoms with Crippen LogP contribution in [0, 0.1) is 6.92 Å². The molecule has 0 aromatic heterocycles. The Morgan fingerprint density at radius 2 is 2.11 bits per heavy atom. The molecule has 2 amide bonds. The summed E-state index contributed by atoms with van der Waals surface area (Å²) in [6.07, 6.45) is 0. The van der Waals surface area contributed by atoms with E-state index in [1.54, 1.807) is 18.2 Å². The molecule has 0 fully saturated rings. The molecule has 0 bridgehead atoms. The smallest absolute Gasteiger partial charge is 0.328 e. The summed E-state index contributed by atoms with van der Waals surface area (Å²) in [4.78, 5) is 22.1. The number of halogens is 1. The minimum atomic E-state index is -1.35. The fourth-order valence-corrected chi connectivity index (χ4v) is 1.51. The van der Waals surface area contributed by atoms with E-state index < -0.39 is 24.6 Å². The number of carboxylic acids is 1. The number of hydrogen-bond acceptors (Lipinski definition) is 3. The second-order valence-electron chi connectivity index (χ2n) is 3.66. The number of benzene rings is 1. The number of aliphatic carboxylic acids is 1. The van der Waals surface area contributed by atoms with E-state index in [-0.39, 0.29) is 0 Å². The van der Waals surface area contributed by atoms with Gasteiger partial charge in [-0.25, -0.2) is 9.59 Å². The number of nitrogens with one attached hydrogen (secondary N) is 2. The number of urea groups is 1. The Balaban J connectivity index is 2.67. The molecule has 0 aliphatic rings. The zero-order valence-electron chi connectivity index (χ0n) is 9.61. The van der Waals surface area contributed by atoms with Crippen molar-refractivity contribution in [3.8, 4) is 0 Å². The number of aliphatic hydroxyl groups is 1. The van der Waals surface area contributed by atoms with Gasteiger partial charge in [0, 0.05) is 0 Å². The topological polar surface area (TPSA) is 98.7 Å². The second kappa shape index (κ2) is 6.23. The molecule has 0 saturated heterocycles. The number of carbonyl (C=O) groups is 2. The second-order valence-corrected chi connectivity index (χ2v) is 4.06. The van der Waals surface area contributed by atoms with E-state index in [0.717, 1.165) is 5.56 Å². The highest BCUT2D eigenvalue weighted by atomic mass is 35.5. The van der Waals surface area contributed by atoms with E-state index in [4.69, 9.17) is 21.8 Å². The van der Waals surface area contributed by atoms with E-state index >= 15 is 0 Å². The van der Waals surface area contributed by atoms with Crippen LogP contribution in [0.5, 0.6) is 0 Å². The third-order valence-electron chi connectivity index (χ3n) is 2.16. The highest BCUT2D eigenvalue weighted by Crippen LogP contribution is 2.22. The van der Waals surface area contributed by atoms with Crippen LogP contribution >= 0.6 is 11.6 Å². The number of anilines is 1. The Morgan fingerprint density at radius 1 is 1.44 bits per heavy atom. The van der Waals surface area contributed by atoms with Crippen LogP contribution in [0.2, 0.25) is 5.02 Å². The molecule has 0 aliphatic carbocycles. The molecule has 0 saturated carbocycles. The van der Waals surface area contributed by atoms with Gasteiger partial charge in [0.05, 0.1) is 17.3 Å². The molecule has 1 atom stereocenters. The van der Waals surface area contributed by atoms with E-state index in [1.807, 2.05) is 6.92 Å². The lowest BCUT2D eigenvalue weighted by Crippen LogP contribution is -2.45. The average molecular weight is 273 g/mol. The van der Waals surface area contributed by atoms with Gasteiger partial charge >= 0.3 is 12.0 Å². The molecule has 18 heavy (non-hydrogen) atoms. The lowest BCUT2D eigenvalue weighted by molar-refractivity contribution is -0.140. The Bertz CT molecular complexity index is 464. The first kappa shape index (κ1) is 14.3. The number of carbonyl (C=O) groups excluding carboxylic acids is 1. The van der Waals surface area contributed by atoms with Gasteiger partial charge in [-0.3, -0.25) is 0 Å². The van der Waals surface area contributed by atoms with Crippen LogP contribution in [0.4, 0.5) is 10.5 Å². The van der Waals surface area contributed by atoms with Crippen LogP contribution in [0.25, 0.3) is 0 Å². The number of carboxylic acid groups (broad SMARTS) is 1. The highest BCUT2D eigenvalue weighted by molar-refractivity contribution is 6.33. The van der Waals surface area contributed by atoms with Crippen molar-refractivity contribution in [1.82, 2.24) is 5.32 Å². The van der Waals surface area contributed by atoms with Crippen molar-refractivity contribution in [2.24, 2.45) is 0 Å². The fraction of sp³-hybridized carbons (Fsp3) is 0.273. The van der Waals surface area contributed by atoms with Gasteiger partial charge in [-0.2, -0.15) is 0 Å². The number of hydrogen-bond donors (Lipinski definition) is 4. The van der Waals surface area contributed by atoms with Gasteiger partial charge in [-0.15, -0.1) is 0 Å². The zero-order valence-corrected chi connectivity index (χ0v) is 10.4. The third-order valence-corrected chi connectivity index (χ3v) is 2.47. The monoisotopic (exact) mass is 272 g/mol. The van der Waals surface area contributed by atoms with Crippen molar-refractivity contribution >= 4 is 29.3 Å². The summed E-state index contributed by atoms with van der Waals surface area (Å²) in [6, 6.07) is 2.92. The normalized spacial score (nSPS) is 11.7. The van der Waals surface area contributed by atoms with E-state index in [0.29, 0.717) is 10.7 Å². The van der Waals surface area contributed by atoms with Crippen molar-refractivity contribution < 1.29 is 19.8 Å². The summed E-state index contributed by atoms with van der Waals surface area (Å²) in [7, 11) is 0.